The van der Waals surface area contributed by atoms with Crippen molar-refractivity contribution in [2.75, 3.05) is 11.9 Å². The quantitative estimate of drug-likeness (QED) is 0.419. The maximum Gasteiger partial charge on any atom is 0.416 e. The van der Waals surface area contributed by atoms with Crippen LogP contribution in [0.1, 0.15) is 17.5 Å². The van der Waals surface area contributed by atoms with E-state index >= 15 is 0 Å². The van der Waals surface area contributed by atoms with Gasteiger partial charge in [-0.2, -0.15) is 18.2 Å². The van der Waals surface area contributed by atoms with Gasteiger partial charge in [-0.1, -0.05) is 17.7 Å². The van der Waals surface area contributed by atoms with Crippen molar-refractivity contribution >= 4 is 28.7 Å². The van der Waals surface area contributed by atoms with Gasteiger partial charge in [0.05, 0.1) is 24.6 Å². The topological polar surface area (TPSA) is 93.4 Å². The zero-order valence-electron chi connectivity index (χ0n) is 16.0. The number of imidazole rings is 2. The summed E-state index contributed by atoms with van der Waals surface area (Å²) in [5, 5.41) is 2.97. The van der Waals surface area contributed by atoms with E-state index in [2.05, 4.69) is 25.3 Å². The number of anilines is 1. The Hall–Kier alpha value is -3.34. The van der Waals surface area contributed by atoms with Gasteiger partial charge in [0.1, 0.15) is 5.52 Å². The van der Waals surface area contributed by atoms with Crippen molar-refractivity contribution in [2.45, 2.75) is 25.7 Å². The van der Waals surface area contributed by atoms with E-state index in [-0.39, 0.29) is 28.7 Å². The molecule has 0 aliphatic carbocycles. The lowest BCUT2D eigenvalue weighted by Crippen LogP contribution is -2.20. The fourth-order valence-electron chi connectivity index (χ4n) is 3.20. The van der Waals surface area contributed by atoms with Gasteiger partial charge in [-0.05, 0) is 18.6 Å². The zero-order chi connectivity index (χ0) is 22.0. The summed E-state index contributed by atoms with van der Waals surface area (Å²) in [6.45, 7) is 0.919. The minimum absolute atomic E-state index is 0.0806. The molecule has 8 nitrogen and oxygen atoms in total. The van der Waals surface area contributed by atoms with Crippen molar-refractivity contribution < 1.29 is 13.2 Å². The molecule has 0 unspecified atom stereocenters. The molecule has 0 bridgehead atoms. The number of hydrogen-bond acceptors (Lipinski definition) is 5. The molecule has 31 heavy (non-hydrogen) atoms. The molecule has 0 aliphatic heterocycles. The predicted octanol–water partition coefficient (Wildman–Crippen LogP) is 3.54. The summed E-state index contributed by atoms with van der Waals surface area (Å²) in [5.41, 5.74) is -1.20. The lowest BCUT2D eigenvalue weighted by molar-refractivity contribution is -0.138. The predicted molar refractivity (Wildman–Crippen MR) is 109 cm³/mol. The first-order chi connectivity index (χ1) is 14.8. The number of aromatic amines is 1. The number of nitrogens with zero attached hydrogens (tertiary/aromatic N) is 5. The average Bonchev–Trinajstić information content (AvgIpc) is 3.34. The normalized spacial score (nSPS) is 11.9. The monoisotopic (exact) mass is 451 g/mol. The van der Waals surface area contributed by atoms with E-state index in [1.165, 1.54) is 18.3 Å². The first-order valence-electron chi connectivity index (χ1n) is 9.32. The molecule has 0 amide bonds. The molecule has 2 N–H and O–H groups in total. The number of aryl methyl sites for hydroxylation is 1. The van der Waals surface area contributed by atoms with Crippen LogP contribution >= 0.6 is 11.6 Å². The number of alkyl halides is 3. The van der Waals surface area contributed by atoms with Crippen LogP contribution < -0.4 is 11.0 Å². The van der Waals surface area contributed by atoms with Gasteiger partial charge >= 0.3 is 11.9 Å². The summed E-state index contributed by atoms with van der Waals surface area (Å²) in [6, 6.07) is 3.51. The molecule has 3 heterocycles. The van der Waals surface area contributed by atoms with Crippen LogP contribution in [-0.2, 0) is 19.3 Å². The highest BCUT2D eigenvalue weighted by Gasteiger charge is 2.34. The van der Waals surface area contributed by atoms with Gasteiger partial charge in [0.25, 0.3) is 0 Å². The Labute approximate surface area is 178 Å². The van der Waals surface area contributed by atoms with Crippen molar-refractivity contribution in [3.05, 3.63) is 69.8 Å². The molecule has 0 saturated carbocycles. The molecule has 1 aromatic carbocycles. The van der Waals surface area contributed by atoms with E-state index in [0.717, 1.165) is 23.6 Å². The second-order valence-corrected chi connectivity index (χ2v) is 7.20. The van der Waals surface area contributed by atoms with E-state index in [4.69, 9.17) is 11.6 Å². The van der Waals surface area contributed by atoms with Crippen LogP contribution in [0.3, 0.4) is 0 Å². The van der Waals surface area contributed by atoms with Crippen LogP contribution in [0.5, 0.6) is 0 Å². The second-order valence-electron chi connectivity index (χ2n) is 6.79. The molecule has 0 spiro atoms. The summed E-state index contributed by atoms with van der Waals surface area (Å²) in [4.78, 5) is 27.4. The first-order valence-corrected chi connectivity index (χ1v) is 9.70. The fourth-order valence-corrected chi connectivity index (χ4v) is 3.44. The number of rotatable bonds is 7. The summed E-state index contributed by atoms with van der Waals surface area (Å²) in [7, 11) is 0. The van der Waals surface area contributed by atoms with Crippen molar-refractivity contribution in [2.24, 2.45) is 0 Å². The molecule has 0 saturated heterocycles. The van der Waals surface area contributed by atoms with E-state index in [1.807, 2.05) is 10.8 Å². The van der Waals surface area contributed by atoms with Crippen LogP contribution in [0.2, 0.25) is 5.02 Å². The van der Waals surface area contributed by atoms with Gasteiger partial charge in [0, 0.05) is 36.1 Å². The number of H-pyrrole nitrogens is 1. The largest absolute Gasteiger partial charge is 0.416 e. The average molecular weight is 452 g/mol. The maximum atomic E-state index is 13.4. The summed E-state index contributed by atoms with van der Waals surface area (Å²) < 4.78 is 43.3. The first kappa shape index (κ1) is 20.9. The molecule has 4 rings (SSSR count). The minimum atomic E-state index is -4.60. The lowest BCUT2D eigenvalue weighted by atomic mass is 10.1. The third kappa shape index (κ3) is 4.55. The summed E-state index contributed by atoms with van der Waals surface area (Å²) in [6.07, 6.45) is 2.84. The van der Waals surface area contributed by atoms with Crippen LogP contribution in [0.25, 0.3) is 11.2 Å². The van der Waals surface area contributed by atoms with Gasteiger partial charge in [0.2, 0.25) is 5.95 Å². The highest BCUT2D eigenvalue weighted by atomic mass is 35.5. The molecular weight excluding hydrogens is 435 g/mol. The SMILES string of the molecule is O=c1[nH]c2cnc(NCCCn3ccnc3)nc2n1Cc1c(Cl)cccc1C(F)(F)F. The second kappa shape index (κ2) is 8.42. The molecule has 0 fully saturated rings. The van der Waals surface area contributed by atoms with E-state index < -0.39 is 17.4 Å². The molecule has 12 heteroatoms. The molecule has 162 valence electrons. The smallest absolute Gasteiger partial charge is 0.354 e. The number of halogens is 4. The number of benzene rings is 1. The highest BCUT2D eigenvalue weighted by Crippen LogP contribution is 2.35. The molecular formula is C19H17ClF3N7O. The third-order valence-electron chi connectivity index (χ3n) is 4.69. The van der Waals surface area contributed by atoms with Gasteiger partial charge in [-0.15, -0.1) is 0 Å². The van der Waals surface area contributed by atoms with Gasteiger partial charge < -0.3 is 14.9 Å². The Balaban J connectivity index is 1.58. The van der Waals surface area contributed by atoms with Crippen LogP contribution in [-0.4, -0.2) is 35.6 Å². The standard InChI is InChI=1S/C19H17ClF3N7O/c20-14-4-1-3-13(19(21,22)23)12(14)10-30-16-15(27-18(30)31)9-26-17(28-16)25-5-2-7-29-8-6-24-11-29/h1,3-4,6,8-9,11H,2,5,7,10H2,(H,27,31)(H,25,26,28). The fraction of sp³-hybridized carbons (Fsp3) is 0.263. The van der Waals surface area contributed by atoms with Crippen molar-refractivity contribution in [1.82, 2.24) is 29.1 Å². The van der Waals surface area contributed by atoms with Crippen molar-refractivity contribution in [3.63, 3.8) is 0 Å². The molecule has 0 aliphatic rings. The van der Waals surface area contributed by atoms with Gasteiger partial charge in [-0.25, -0.2) is 14.8 Å². The Kier molecular flexibility index (Phi) is 5.68. The Morgan fingerprint density at radius 2 is 2.10 bits per heavy atom. The van der Waals surface area contributed by atoms with Crippen LogP contribution in [0.4, 0.5) is 19.1 Å². The number of hydrogen-bond donors (Lipinski definition) is 2. The molecule has 3 aromatic heterocycles. The van der Waals surface area contributed by atoms with E-state index in [1.54, 1.807) is 12.5 Å². The number of fused-ring (bicyclic) bond motifs is 1. The Morgan fingerprint density at radius 3 is 2.84 bits per heavy atom. The molecule has 0 atom stereocenters. The molecule has 4 aromatic rings. The number of aromatic nitrogens is 6. The number of nitrogens with one attached hydrogen (secondary N) is 2. The highest BCUT2D eigenvalue weighted by molar-refractivity contribution is 6.31. The zero-order valence-corrected chi connectivity index (χ0v) is 16.8. The molecule has 0 radical (unpaired) electrons. The Bertz CT molecular complexity index is 1250. The summed E-state index contributed by atoms with van der Waals surface area (Å²) in [5.74, 6) is 0.265. The summed E-state index contributed by atoms with van der Waals surface area (Å²) >= 11 is 6.04. The Morgan fingerprint density at radius 1 is 1.26 bits per heavy atom. The van der Waals surface area contributed by atoms with Crippen LogP contribution in [0.15, 0.2) is 47.9 Å². The minimum Gasteiger partial charge on any atom is -0.354 e. The maximum absolute atomic E-state index is 13.4. The van der Waals surface area contributed by atoms with Crippen molar-refractivity contribution in [1.29, 1.82) is 0 Å². The van der Waals surface area contributed by atoms with E-state index in [0.29, 0.717) is 12.1 Å². The third-order valence-corrected chi connectivity index (χ3v) is 5.04. The van der Waals surface area contributed by atoms with Gasteiger partial charge in [-0.3, -0.25) is 4.57 Å². The van der Waals surface area contributed by atoms with E-state index in [9.17, 15) is 18.0 Å². The lowest BCUT2D eigenvalue weighted by Gasteiger charge is -2.14. The van der Waals surface area contributed by atoms with Crippen LogP contribution in [0, 0.1) is 0 Å². The van der Waals surface area contributed by atoms with Gasteiger partial charge in [0.15, 0.2) is 5.65 Å². The van der Waals surface area contributed by atoms with Crippen molar-refractivity contribution in [3.8, 4) is 0 Å².